The molecule has 0 radical (unpaired) electrons. The zero-order chi connectivity index (χ0) is 15.5. The van der Waals surface area contributed by atoms with Crippen LogP contribution in [-0.2, 0) is 0 Å². The van der Waals surface area contributed by atoms with Gasteiger partial charge in [0.25, 0.3) is 5.95 Å². The number of piperidine rings is 1. The number of nitriles is 1. The average Bonchev–Trinajstić information content (AvgIpc) is 3.05. The second-order valence-corrected chi connectivity index (χ2v) is 5.60. The average molecular weight is 298 g/mol. The van der Waals surface area contributed by atoms with E-state index in [2.05, 4.69) is 26.1 Å². The third-order valence-electron chi connectivity index (χ3n) is 3.81. The summed E-state index contributed by atoms with van der Waals surface area (Å²) in [6, 6.07) is 5.78. The number of anilines is 2. The van der Waals surface area contributed by atoms with Gasteiger partial charge in [0.2, 0.25) is 5.89 Å². The van der Waals surface area contributed by atoms with E-state index in [4.69, 9.17) is 4.52 Å². The Hall–Kier alpha value is -2.62. The highest BCUT2D eigenvalue weighted by atomic mass is 16.5. The van der Waals surface area contributed by atoms with Gasteiger partial charge in [0.05, 0.1) is 11.5 Å². The molecule has 0 aliphatic carbocycles. The Labute approximate surface area is 129 Å². The first-order chi connectivity index (χ1) is 10.7. The second-order valence-electron chi connectivity index (χ2n) is 5.60. The van der Waals surface area contributed by atoms with E-state index in [0.29, 0.717) is 17.4 Å². The fourth-order valence-electron chi connectivity index (χ4n) is 2.68. The maximum Gasteiger partial charge on any atom is 0.265 e. The van der Waals surface area contributed by atoms with E-state index in [1.807, 2.05) is 19.0 Å². The molecule has 1 aliphatic rings. The summed E-state index contributed by atoms with van der Waals surface area (Å²) in [7, 11) is 3.77. The van der Waals surface area contributed by atoms with Crippen molar-refractivity contribution in [2.75, 3.05) is 37.0 Å². The molecular formula is C15H18N6O. The fraction of sp³-hybridized carbons (Fsp3) is 0.467. The Bertz CT molecular complexity index is 689. The second kappa shape index (κ2) is 6.02. The van der Waals surface area contributed by atoms with Gasteiger partial charge in [0.15, 0.2) is 0 Å². The molecule has 0 saturated carbocycles. The number of nitrogens with zero attached hydrogens (tertiary/aromatic N) is 6. The Morgan fingerprint density at radius 3 is 3.05 bits per heavy atom. The summed E-state index contributed by atoms with van der Waals surface area (Å²) in [5.41, 5.74) is 0.600. The van der Waals surface area contributed by atoms with Gasteiger partial charge < -0.3 is 14.3 Å². The van der Waals surface area contributed by atoms with E-state index in [1.54, 1.807) is 18.3 Å². The Morgan fingerprint density at radius 2 is 2.32 bits per heavy atom. The number of hydrogen-bond donors (Lipinski definition) is 0. The molecule has 3 heterocycles. The van der Waals surface area contributed by atoms with E-state index in [0.717, 1.165) is 31.7 Å². The van der Waals surface area contributed by atoms with Gasteiger partial charge in [0, 0.05) is 33.4 Å². The van der Waals surface area contributed by atoms with Gasteiger partial charge in [-0.2, -0.15) is 10.2 Å². The first-order valence-corrected chi connectivity index (χ1v) is 7.30. The summed E-state index contributed by atoms with van der Waals surface area (Å²) in [4.78, 5) is 12.8. The van der Waals surface area contributed by atoms with Gasteiger partial charge in [-0.05, 0) is 30.1 Å². The molecule has 1 aliphatic heterocycles. The molecule has 114 valence electrons. The lowest BCUT2D eigenvalue weighted by Crippen LogP contribution is -2.35. The molecule has 0 bridgehead atoms. The first kappa shape index (κ1) is 14.3. The van der Waals surface area contributed by atoms with Crippen molar-refractivity contribution in [3.8, 4) is 6.07 Å². The smallest absolute Gasteiger partial charge is 0.265 e. The van der Waals surface area contributed by atoms with Crippen LogP contribution in [0.4, 0.5) is 11.8 Å². The van der Waals surface area contributed by atoms with Gasteiger partial charge in [-0.1, -0.05) is 0 Å². The Balaban J connectivity index is 1.80. The van der Waals surface area contributed by atoms with Crippen molar-refractivity contribution in [1.29, 1.82) is 5.26 Å². The Morgan fingerprint density at radius 1 is 1.45 bits per heavy atom. The summed E-state index contributed by atoms with van der Waals surface area (Å²) in [6.45, 7) is 1.62. The van der Waals surface area contributed by atoms with Gasteiger partial charge >= 0.3 is 0 Å². The van der Waals surface area contributed by atoms with Crippen molar-refractivity contribution in [2.24, 2.45) is 0 Å². The molecule has 1 saturated heterocycles. The fourth-order valence-corrected chi connectivity index (χ4v) is 2.68. The molecule has 0 unspecified atom stereocenters. The molecule has 3 rings (SSSR count). The molecule has 2 aromatic rings. The van der Waals surface area contributed by atoms with E-state index < -0.39 is 0 Å². The van der Waals surface area contributed by atoms with Crippen LogP contribution in [0.15, 0.2) is 22.9 Å². The van der Waals surface area contributed by atoms with Crippen molar-refractivity contribution < 1.29 is 4.52 Å². The lowest BCUT2D eigenvalue weighted by molar-refractivity contribution is 0.332. The minimum Gasteiger partial charge on any atom is -0.355 e. The van der Waals surface area contributed by atoms with E-state index >= 15 is 0 Å². The van der Waals surface area contributed by atoms with Gasteiger partial charge in [-0.25, -0.2) is 4.98 Å². The van der Waals surface area contributed by atoms with Crippen LogP contribution in [-0.4, -0.2) is 42.3 Å². The number of aromatic nitrogens is 3. The predicted molar refractivity (Wildman–Crippen MR) is 81.8 cm³/mol. The minimum absolute atomic E-state index is 0.170. The molecule has 2 aromatic heterocycles. The highest BCUT2D eigenvalue weighted by Crippen LogP contribution is 2.30. The van der Waals surface area contributed by atoms with E-state index in [1.165, 1.54) is 0 Å². The summed E-state index contributed by atoms with van der Waals surface area (Å²) >= 11 is 0. The summed E-state index contributed by atoms with van der Waals surface area (Å²) in [6.07, 6.45) is 3.72. The van der Waals surface area contributed by atoms with Crippen molar-refractivity contribution in [2.45, 2.75) is 18.8 Å². The molecule has 0 N–H and O–H groups in total. The Kier molecular flexibility index (Phi) is 3.92. The van der Waals surface area contributed by atoms with Gasteiger partial charge in [0.1, 0.15) is 11.9 Å². The van der Waals surface area contributed by atoms with Crippen LogP contribution in [0.2, 0.25) is 0 Å². The lowest BCUT2D eigenvalue weighted by Gasteiger charge is -2.32. The molecular weight excluding hydrogens is 280 g/mol. The molecule has 7 heteroatoms. The van der Waals surface area contributed by atoms with Crippen LogP contribution in [0.5, 0.6) is 0 Å². The topological polar surface area (TPSA) is 82.1 Å². The number of hydrogen-bond acceptors (Lipinski definition) is 7. The van der Waals surface area contributed by atoms with Crippen LogP contribution in [0.3, 0.4) is 0 Å². The summed E-state index contributed by atoms with van der Waals surface area (Å²) < 4.78 is 5.39. The van der Waals surface area contributed by atoms with Crippen LogP contribution in [0.1, 0.15) is 30.2 Å². The molecule has 0 aromatic carbocycles. The van der Waals surface area contributed by atoms with Crippen LogP contribution in [0.25, 0.3) is 0 Å². The van der Waals surface area contributed by atoms with Gasteiger partial charge in [-0.3, -0.25) is 0 Å². The zero-order valence-corrected chi connectivity index (χ0v) is 12.7. The third-order valence-corrected chi connectivity index (χ3v) is 3.81. The van der Waals surface area contributed by atoms with E-state index in [9.17, 15) is 5.26 Å². The van der Waals surface area contributed by atoms with Crippen molar-refractivity contribution in [3.05, 3.63) is 29.8 Å². The zero-order valence-electron chi connectivity index (χ0n) is 12.7. The number of pyridine rings is 1. The maximum atomic E-state index is 9.23. The summed E-state index contributed by atoms with van der Waals surface area (Å²) in [5, 5.41) is 13.2. The highest BCUT2D eigenvalue weighted by molar-refractivity contribution is 5.53. The lowest BCUT2D eigenvalue weighted by atomic mass is 9.97. The quantitative estimate of drug-likeness (QED) is 0.854. The van der Waals surface area contributed by atoms with Crippen molar-refractivity contribution in [3.63, 3.8) is 0 Å². The number of rotatable bonds is 3. The maximum absolute atomic E-state index is 9.23. The summed E-state index contributed by atoms with van der Waals surface area (Å²) in [5.74, 6) is 2.15. The van der Waals surface area contributed by atoms with Crippen molar-refractivity contribution >= 4 is 11.8 Å². The molecule has 0 amide bonds. The molecule has 0 spiro atoms. The van der Waals surface area contributed by atoms with Gasteiger partial charge in [-0.15, -0.1) is 0 Å². The predicted octanol–water partition coefficient (Wildman–Crippen LogP) is 1.79. The van der Waals surface area contributed by atoms with Crippen LogP contribution in [0, 0.1) is 11.3 Å². The molecule has 7 nitrogen and oxygen atoms in total. The minimum atomic E-state index is 0.170. The standard InChI is InChI=1S/C15H18N6O/c1-20(2)15-18-14(22-19-15)12-6-4-8-21(10-12)13-11(9-16)5-3-7-17-13/h3,5,7,12H,4,6,8,10H2,1-2H3/t12-/m1/s1. The first-order valence-electron chi connectivity index (χ1n) is 7.30. The molecule has 1 atom stereocenters. The monoisotopic (exact) mass is 298 g/mol. The molecule has 22 heavy (non-hydrogen) atoms. The normalized spacial score (nSPS) is 18.0. The van der Waals surface area contributed by atoms with Crippen LogP contribution >= 0.6 is 0 Å². The van der Waals surface area contributed by atoms with Crippen molar-refractivity contribution in [1.82, 2.24) is 15.1 Å². The molecule has 1 fully saturated rings. The largest absolute Gasteiger partial charge is 0.355 e. The van der Waals surface area contributed by atoms with E-state index in [-0.39, 0.29) is 5.92 Å². The van der Waals surface area contributed by atoms with Crippen LogP contribution < -0.4 is 9.80 Å². The third kappa shape index (κ3) is 2.72. The SMILES string of the molecule is CN(C)c1noc([C@@H]2CCCN(c3ncccc3C#N)C2)n1. The highest BCUT2D eigenvalue weighted by Gasteiger charge is 2.28.